The molecule has 0 unspecified atom stereocenters. The number of rotatable bonds is 1. The summed E-state index contributed by atoms with van der Waals surface area (Å²) in [7, 11) is 0. The van der Waals surface area contributed by atoms with Crippen molar-refractivity contribution in [3.05, 3.63) is 33.8 Å². The Balaban J connectivity index is 2.24. The highest BCUT2D eigenvalue weighted by Gasteiger charge is 2.27. The molecule has 0 spiro atoms. The van der Waals surface area contributed by atoms with Crippen LogP contribution in [0.1, 0.15) is 23.2 Å². The van der Waals surface area contributed by atoms with Gasteiger partial charge in [-0.1, -0.05) is 15.9 Å². The van der Waals surface area contributed by atoms with Crippen LogP contribution in [0, 0.1) is 11.6 Å². The third-order valence-corrected chi connectivity index (χ3v) is 3.43. The number of hydrogen-bond donors (Lipinski definition) is 1. The maximum absolute atomic E-state index is 13.6. The number of halogens is 3. The smallest absolute Gasteiger partial charge is 0.259 e. The second-order valence-electron chi connectivity index (χ2n) is 4.27. The topological polar surface area (TPSA) is 40.5 Å². The van der Waals surface area contributed by atoms with E-state index >= 15 is 0 Å². The lowest BCUT2D eigenvalue weighted by Crippen LogP contribution is -2.40. The van der Waals surface area contributed by atoms with Crippen LogP contribution in [-0.4, -0.2) is 35.1 Å². The maximum Gasteiger partial charge on any atom is 0.259 e. The summed E-state index contributed by atoms with van der Waals surface area (Å²) in [5.41, 5.74) is -0.533. The van der Waals surface area contributed by atoms with Gasteiger partial charge in [-0.25, -0.2) is 8.78 Å². The zero-order chi connectivity index (χ0) is 13.3. The normalized spacial score (nSPS) is 17.0. The second kappa shape index (κ2) is 5.32. The molecule has 0 radical (unpaired) electrons. The highest BCUT2D eigenvalue weighted by molar-refractivity contribution is 9.10. The first-order chi connectivity index (χ1) is 8.49. The number of benzene rings is 1. The van der Waals surface area contributed by atoms with Gasteiger partial charge in [-0.2, -0.15) is 0 Å². The van der Waals surface area contributed by atoms with E-state index in [2.05, 4.69) is 15.9 Å². The van der Waals surface area contributed by atoms with E-state index in [9.17, 15) is 18.7 Å². The zero-order valence-electron chi connectivity index (χ0n) is 9.50. The molecule has 3 nitrogen and oxygen atoms in total. The van der Waals surface area contributed by atoms with Crippen molar-refractivity contribution in [3.8, 4) is 0 Å². The molecule has 6 heteroatoms. The monoisotopic (exact) mass is 319 g/mol. The minimum Gasteiger partial charge on any atom is -0.393 e. The summed E-state index contributed by atoms with van der Waals surface area (Å²) in [6.45, 7) is 0.629. The van der Waals surface area contributed by atoms with Gasteiger partial charge in [0.05, 0.1) is 6.10 Å². The first-order valence-corrected chi connectivity index (χ1v) is 6.40. The summed E-state index contributed by atoms with van der Waals surface area (Å²) in [5.74, 6) is -2.42. The van der Waals surface area contributed by atoms with Gasteiger partial charge in [0, 0.05) is 17.6 Å². The minimum absolute atomic E-state index is 0.253. The van der Waals surface area contributed by atoms with Crippen LogP contribution in [-0.2, 0) is 0 Å². The van der Waals surface area contributed by atoms with Gasteiger partial charge in [0.15, 0.2) is 0 Å². The lowest BCUT2D eigenvalue weighted by molar-refractivity contribution is 0.0538. The average Bonchev–Trinajstić information content (AvgIpc) is 2.28. The number of aliphatic hydroxyl groups is 1. The molecule has 0 saturated carbocycles. The molecule has 18 heavy (non-hydrogen) atoms. The Hall–Kier alpha value is -1.01. The van der Waals surface area contributed by atoms with Gasteiger partial charge < -0.3 is 10.0 Å². The number of nitrogens with zero attached hydrogens (tertiary/aromatic N) is 1. The van der Waals surface area contributed by atoms with Crippen molar-refractivity contribution in [2.45, 2.75) is 18.9 Å². The van der Waals surface area contributed by atoms with Crippen LogP contribution in [0.25, 0.3) is 0 Å². The van der Waals surface area contributed by atoms with Crippen LogP contribution in [0.5, 0.6) is 0 Å². The SMILES string of the molecule is O=C(c1c(F)cc(Br)cc1F)N1CCC(O)CC1. The molecule has 0 aromatic heterocycles. The Kier molecular flexibility index (Phi) is 3.97. The Labute approximate surface area is 112 Å². The van der Waals surface area contributed by atoms with Crippen molar-refractivity contribution in [3.63, 3.8) is 0 Å². The molecule has 1 aromatic rings. The standard InChI is InChI=1S/C12H12BrF2NO2/c13-7-5-9(14)11(10(15)6-7)12(18)16-3-1-8(17)2-4-16/h5-6,8,17H,1-4H2. The van der Waals surface area contributed by atoms with Crippen LogP contribution >= 0.6 is 15.9 Å². The van der Waals surface area contributed by atoms with Gasteiger partial charge in [0.2, 0.25) is 0 Å². The molecule has 1 amide bonds. The molecule has 1 saturated heterocycles. The largest absolute Gasteiger partial charge is 0.393 e. The van der Waals surface area contributed by atoms with Crippen LogP contribution in [0.2, 0.25) is 0 Å². The predicted molar refractivity (Wildman–Crippen MR) is 65.2 cm³/mol. The second-order valence-corrected chi connectivity index (χ2v) is 5.18. The molecule has 98 valence electrons. The van der Waals surface area contributed by atoms with E-state index in [0.717, 1.165) is 12.1 Å². The summed E-state index contributed by atoms with van der Waals surface area (Å²) in [6.07, 6.45) is 0.436. The van der Waals surface area contributed by atoms with Crippen molar-refractivity contribution >= 4 is 21.8 Å². The van der Waals surface area contributed by atoms with E-state index in [4.69, 9.17) is 0 Å². The number of aliphatic hydroxyl groups excluding tert-OH is 1. The van der Waals surface area contributed by atoms with E-state index in [1.54, 1.807) is 0 Å². The molecule has 2 rings (SSSR count). The fourth-order valence-electron chi connectivity index (χ4n) is 1.97. The van der Waals surface area contributed by atoms with E-state index in [-0.39, 0.29) is 4.47 Å². The van der Waals surface area contributed by atoms with Crippen LogP contribution < -0.4 is 0 Å². The molecule has 1 aliphatic heterocycles. The molecule has 0 atom stereocenters. The number of piperidine rings is 1. The van der Waals surface area contributed by atoms with Gasteiger partial charge in [-0.3, -0.25) is 4.79 Å². The zero-order valence-corrected chi connectivity index (χ0v) is 11.1. The number of likely N-dealkylation sites (tertiary alicyclic amines) is 1. The quantitative estimate of drug-likeness (QED) is 0.863. The highest BCUT2D eigenvalue weighted by atomic mass is 79.9. The molecule has 1 aliphatic rings. The molecular weight excluding hydrogens is 308 g/mol. The van der Waals surface area contributed by atoms with Gasteiger partial charge in [-0.05, 0) is 25.0 Å². The minimum atomic E-state index is -0.877. The van der Waals surface area contributed by atoms with Crippen LogP contribution in [0.4, 0.5) is 8.78 Å². The van der Waals surface area contributed by atoms with Gasteiger partial charge in [0.25, 0.3) is 5.91 Å². The van der Waals surface area contributed by atoms with Gasteiger partial charge >= 0.3 is 0 Å². The summed E-state index contributed by atoms with van der Waals surface area (Å²) in [4.78, 5) is 13.4. The highest BCUT2D eigenvalue weighted by Crippen LogP contribution is 2.22. The van der Waals surface area contributed by atoms with Crippen molar-refractivity contribution in [1.29, 1.82) is 0 Å². The van der Waals surface area contributed by atoms with Gasteiger partial charge in [-0.15, -0.1) is 0 Å². The average molecular weight is 320 g/mol. The Bertz CT molecular complexity index is 450. The summed E-state index contributed by atoms with van der Waals surface area (Å²) in [5, 5.41) is 9.33. The van der Waals surface area contributed by atoms with E-state index in [0.29, 0.717) is 25.9 Å². The molecule has 1 heterocycles. The fraction of sp³-hybridized carbons (Fsp3) is 0.417. The van der Waals surface area contributed by atoms with E-state index in [1.165, 1.54) is 4.90 Å². The number of carbonyl (C=O) groups excluding carboxylic acids is 1. The lowest BCUT2D eigenvalue weighted by atomic mass is 10.1. The third-order valence-electron chi connectivity index (χ3n) is 2.97. The fourth-order valence-corrected chi connectivity index (χ4v) is 2.38. The van der Waals surface area contributed by atoms with Crippen molar-refractivity contribution in [2.75, 3.05) is 13.1 Å². The molecule has 1 fully saturated rings. The summed E-state index contributed by atoms with van der Waals surface area (Å²) < 4.78 is 27.5. The van der Waals surface area contributed by atoms with E-state index in [1.807, 2.05) is 0 Å². The summed E-state index contributed by atoms with van der Waals surface area (Å²) in [6, 6.07) is 2.13. The summed E-state index contributed by atoms with van der Waals surface area (Å²) >= 11 is 2.96. The van der Waals surface area contributed by atoms with Gasteiger partial charge in [0.1, 0.15) is 17.2 Å². The molecule has 1 N–H and O–H groups in total. The first kappa shape index (κ1) is 13.4. The first-order valence-electron chi connectivity index (χ1n) is 5.61. The predicted octanol–water partition coefficient (Wildman–Crippen LogP) is 2.32. The lowest BCUT2D eigenvalue weighted by Gasteiger charge is -2.29. The number of amides is 1. The number of hydrogen-bond acceptors (Lipinski definition) is 2. The van der Waals surface area contributed by atoms with Crippen molar-refractivity contribution in [1.82, 2.24) is 4.90 Å². The molecule has 1 aromatic carbocycles. The molecule has 0 bridgehead atoms. The maximum atomic E-state index is 13.6. The Morgan fingerprint density at radius 3 is 2.28 bits per heavy atom. The molecular formula is C12H12BrF2NO2. The third kappa shape index (κ3) is 2.70. The molecule has 0 aliphatic carbocycles. The van der Waals surface area contributed by atoms with Crippen molar-refractivity contribution < 1.29 is 18.7 Å². The Morgan fingerprint density at radius 2 is 1.78 bits per heavy atom. The van der Waals surface area contributed by atoms with Crippen LogP contribution in [0.15, 0.2) is 16.6 Å². The number of carbonyl (C=O) groups is 1. The van der Waals surface area contributed by atoms with E-state index < -0.39 is 29.2 Å². The van der Waals surface area contributed by atoms with Crippen molar-refractivity contribution in [2.24, 2.45) is 0 Å². The van der Waals surface area contributed by atoms with Crippen LogP contribution in [0.3, 0.4) is 0 Å². The Morgan fingerprint density at radius 1 is 1.28 bits per heavy atom.